The first-order chi connectivity index (χ1) is 11.3. The molecule has 0 saturated heterocycles. The van der Waals surface area contributed by atoms with Crippen molar-refractivity contribution < 1.29 is 12.8 Å². The summed E-state index contributed by atoms with van der Waals surface area (Å²) in [5.74, 6) is -0.509. The molecule has 0 spiro atoms. The number of pyridine rings is 1. The average Bonchev–Trinajstić information content (AvgIpc) is 2.51. The highest BCUT2D eigenvalue weighted by atomic mass is 32.2. The third kappa shape index (κ3) is 3.91. The highest BCUT2D eigenvalue weighted by Gasteiger charge is 2.17. The number of nitrogens with one attached hydrogen (secondary N) is 1. The van der Waals surface area contributed by atoms with Gasteiger partial charge in [-0.05, 0) is 56.2 Å². The van der Waals surface area contributed by atoms with Gasteiger partial charge in [0.2, 0.25) is 10.0 Å². The number of hydrogen-bond acceptors (Lipinski definition) is 3. The second-order valence-electron chi connectivity index (χ2n) is 5.68. The summed E-state index contributed by atoms with van der Waals surface area (Å²) in [5, 5.41) is 0. The van der Waals surface area contributed by atoms with Gasteiger partial charge in [0.15, 0.2) is 0 Å². The summed E-state index contributed by atoms with van der Waals surface area (Å²) in [6.07, 6.45) is 0.810. The third-order valence-electron chi connectivity index (χ3n) is 3.84. The van der Waals surface area contributed by atoms with Crippen LogP contribution in [-0.4, -0.2) is 13.0 Å². The second kappa shape index (κ2) is 7.27. The standard InChI is InChI=1S/C17H21FN2O3S/c1-4-9-20-13(3)10-12(2)16(17(20)21)11-19-24(22,23)15-7-5-14(18)6-8-15/h5-8,10,19H,4,9,11H2,1-3H3. The lowest BCUT2D eigenvalue weighted by Crippen LogP contribution is -2.32. The zero-order valence-electron chi connectivity index (χ0n) is 14.0. The summed E-state index contributed by atoms with van der Waals surface area (Å²) in [7, 11) is -3.81. The maximum atomic E-state index is 12.9. The van der Waals surface area contributed by atoms with Gasteiger partial charge in [-0.1, -0.05) is 6.92 Å². The van der Waals surface area contributed by atoms with Crippen LogP contribution >= 0.6 is 0 Å². The van der Waals surface area contributed by atoms with Gasteiger partial charge >= 0.3 is 0 Å². The lowest BCUT2D eigenvalue weighted by Gasteiger charge is -2.14. The minimum atomic E-state index is -3.81. The van der Waals surface area contributed by atoms with E-state index in [-0.39, 0.29) is 17.0 Å². The van der Waals surface area contributed by atoms with Gasteiger partial charge in [0.1, 0.15) is 5.82 Å². The van der Waals surface area contributed by atoms with Crippen LogP contribution in [0.2, 0.25) is 0 Å². The molecule has 0 unspecified atom stereocenters. The van der Waals surface area contributed by atoms with Crippen LogP contribution in [0.1, 0.15) is 30.2 Å². The Balaban J connectivity index is 2.30. The maximum absolute atomic E-state index is 12.9. The van der Waals surface area contributed by atoms with Crippen LogP contribution < -0.4 is 10.3 Å². The van der Waals surface area contributed by atoms with Gasteiger partial charge in [0.05, 0.1) is 4.90 Å². The smallest absolute Gasteiger partial charge is 0.255 e. The molecule has 0 aliphatic heterocycles. The molecule has 1 aromatic carbocycles. The average molecular weight is 352 g/mol. The molecule has 0 aliphatic carbocycles. The van der Waals surface area contributed by atoms with E-state index in [1.54, 1.807) is 11.5 Å². The summed E-state index contributed by atoms with van der Waals surface area (Å²) < 4.78 is 41.5. The van der Waals surface area contributed by atoms with Crippen LogP contribution in [0.5, 0.6) is 0 Å². The van der Waals surface area contributed by atoms with Gasteiger partial charge in [-0.3, -0.25) is 4.79 Å². The molecule has 2 aromatic rings. The van der Waals surface area contributed by atoms with Crippen LogP contribution in [0, 0.1) is 19.7 Å². The van der Waals surface area contributed by atoms with Crippen molar-refractivity contribution in [1.29, 1.82) is 0 Å². The first-order valence-electron chi connectivity index (χ1n) is 7.71. The Hall–Kier alpha value is -1.99. The highest BCUT2D eigenvalue weighted by molar-refractivity contribution is 7.89. The maximum Gasteiger partial charge on any atom is 0.255 e. The number of aryl methyl sites for hydroxylation is 2. The zero-order chi connectivity index (χ0) is 17.9. The quantitative estimate of drug-likeness (QED) is 0.868. The monoisotopic (exact) mass is 352 g/mol. The predicted octanol–water partition coefficient (Wildman–Crippen LogP) is 2.49. The van der Waals surface area contributed by atoms with Gasteiger partial charge < -0.3 is 4.57 Å². The zero-order valence-corrected chi connectivity index (χ0v) is 14.8. The van der Waals surface area contributed by atoms with E-state index < -0.39 is 15.8 Å². The fraction of sp³-hybridized carbons (Fsp3) is 0.353. The van der Waals surface area contributed by atoms with Gasteiger partial charge in [0, 0.05) is 24.3 Å². The van der Waals surface area contributed by atoms with Crippen molar-refractivity contribution in [1.82, 2.24) is 9.29 Å². The van der Waals surface area contributed by atoms with E-state index in [1.165, 1.54) is 12.1 Å². The number of nitrogens with zero attached hydrogens (tertiary/aromatic N) is 1. The lowest BCUT2D eigenvalue weighted by molar-refractivity contribution is 0.578. The second-order valence-corrected chi connectivity index (χ2v) is 7.45. The van der Waals surface area contributed by atoms with E-state index >= 15 is 0 Å². The van der Waals surface area contributed by atoms with E-state index in [4.69, 9.17) is 0 Å². The molecule has 1 aromatic heterocycles. The summed E-state index contributed by atoms with van der Waals surface area (Å²) in [5.41, 5.74) is 1.83. The fourth-order valence-corrected chi connectivity index (χ4v) is 3.55. The molecule has 2 rings (SSSR count). The van der Waals surface area contributed by atoms with Crippen molar-refractivity contribution in [3.63, 3.8) is 0 Å². The van der Waals surface area contributed by atoms with E-state index in [2.05, 4.69) is 4.72 Å². The number of sulfonamides is 1. The van der Waals surface area contributed by atoms with Gasteiger partial charge in [-0.15, -0.1) is 0 Å². The Morgan fingerprint density at radius 1 is 1.17 bits per heavy atom. The summed E-state index contributed by atoms with van der Waals surface area (Å²) >= 11 is 0. The molecule has 5 nitrogen and oxygen atoms in total. The Labute approximate surface area is 141 Å². The molecule has 0 amide bonds. The predicted molar refractivity (Wildman–Crippen MR) is 90.9 cm³/mol. The molecule has 1 heterocycles. The summed E-state index contributed by atoms with van der Waals surface area (Å²) in [4.78, 5) is 12.5. The molecular weight excluding hydrogens is 331 g/mol. The molecule has 0 radical (unpaired) electrons. The van der Waals surface area contributed by atoms with E-state index in [9.17, 15) is 17.6 Å². The number of aromatic nitrogens is 1. The number of benzene rings is 1. The van der Waals surface area contributed by atoms with Crippen molar-refractivity contribution in [2.24, 2.45) is 0 Å². The van der Waals surface area contributed by atoms with E-state index in [1.807, 2.05) is 19.9 Å². The Kier molecular flexibility index (Phi) is 5.56. The van der Waals surface area contributed by atoms with E-state index in [0.717, 1.165) is 29.8 Å². The SMILES string of the molecule is CCCn1c(C)cc(C)c(CNS(=O)(=O)c2ccc(F)cc2)c1=O. The minimum absolute atomic E-state index is 0.0393. The van der Waals surface area contributed by atoms with Gasteiger partial charge in [0.25, 0.3) is 5.56 Å². The number of halogens is 1. The molecule has 130 valence electrons. The third-order valence-corrected chi connectivity index (χ3v) is 5.26. The minimum Gasteiger partial charge on any atom is -0.313 e. The Morgan fingerprint density at radius 2 is 1.79 bits per heavy atom. The van der Waals surface area contributed by atoms with Gasteiger partial charge in [-0.2, -0.15) is 0 Å². The van der Waals surface area contributed by atoms with Crippen molar-refractivity contribution in [3.8, 4) is 0 Å². The molecule has 0 bridgehead atoms. The first kappa shape index (κ1) is 18.4. The number of hydrogen-bond donors (Lipinski definition) is 1. The van der Waals surface area contributed by atoms with Crippen LogP contribution in [-0.2, 0) is 23.1 Å². The highest BCUT2D eigenvalue weighted by Crippen LogP contribution is 2.12. The van der Waals surface area contributed by atoms with Crippen molar-refractivity contribution >= 4 is 10.0 Å². The molecule has 0 fully saturated rings. The topological polar surface area (TPSA) is 68.2 Å². The van der Waals surface area contributed by atoms with Crippen LogP contribution in [0.4, 0.5) is 4.39 Å². The molecular formula is C17H21FN2O3S. The van der Waals surface area contributed by atoms with Crippen molar-refractivity contribution in [2.75, 3.05) is 0 Å². The van der Waals surface area contributed by atoms with E-state index in [0.29, 0.717) is 12.1 Å². The van der Waals surface area contributed by atoms with Crippen LogP contribution in [0.25, 0.3) is 0 Å². The number of rotatable bonds is 6. The molecule has 1 N–H and O–H groups in total. The molecule has 24 heavy (non-hydrogen) atoms. The fourth-order valence-electron chi connectivity index (χ4n) is 2.55. The molecule has 0 atom stereocenters. The molecule has 0 saturated carbocycles. The van der Waals surface area contributed by atoms with Crippen molar-refractivity contribution in [3.05, 3.63) is 63.3 Å². The van der Waals surface area contributed by atoms with Crippen LogP contribution in [0.3, 0.4) is 0 Å². The van der Waals surface area contributed by atoms with Crippen molar-refractivity contribution in [2.45, 2.75) is 45.2 Å². The Bertz CT molecular complexity index is 887. The normalized spacial score (nSPS) is 11.7. The summed E-state index contributed by atoms with van der Waals surface area (Å²) in [6, 6.07) is 6.42. The van der Waals surface area contributed by atoms with Crippen LogP contribution in [0.15, 0.2) is 40.0 Å². The Morgan fingerprint density at radius 3 is 2.38 bits per heavy atom. The first-order valence-corrected chi connectivity index (χ1v) is 9.19. The largest absolute Gasteiger partial charge is 0.313 e. The summed E-state index contributed by atoms with van der Waals surface area (Å²) in [6.45, 7) is 6.10. The molecule has 7 heteroatoms. The lowest BCUT2D eigenvalue weighted by atomic mass is 10.1. The van der Waals surface area contributed by atoms with Gasteiger partial charge in [-0.25, -0.2) is 17.5 Å². The molecule has 0 aliphatic rings.